The highest BCUT2D eigenvalue weighted by Crippen LogP contribution is 2.08. The molecule has 6 nitrogen and oxygen atoms in total. The topological polar surface area (TPSA) is 90.0 Å². The molecule has 0 saturated carbocycles. The number of aryl methyl sites for hydroxylation is 1. The van der Waals surface area contributed by atoms with Gasteiger partial charge in [-0.25, -0.2) is 13.1 Å². The van der Waals surface area contributed by atoms with Gasteiger partial charge in [-0.3, -0.25) is 4.68 Å². The molecule has 100 valence electrons. The minimum atomic E-state index is -3.52. The number of hydrogen-bond acceptors (Lipinski definition) is 4. The van der Waals surface area contributed by atoms with E-state index in [9.17, 15) is 8.42 Å². The van der Waals surface area contributed by atoms with Crippen LogP contribution in [0.1, 0.15) is 20.8 Å². The maximum absolute atomic E-state index is 11.9. The summed E-state index contributed by atoms with van der Waals surface area (Å²) in [6.07, 6.45) is 1.46. The van der Waals surface area contributed by atoms with Gasteiger partial charge in [0.15, 0.2) is 5.03 Å². The summed E-state index contributed by atoms with van der Waals surface area (Å²) in [5.74, 6) is 0. The Morgan fingerprint density at radius 3 is 2.59 bits per heavy atom. The van der Waals surface area contributed by atoms with Crippen molar-refractivity contribution < 1.29 is 8.42 Å². The van der Waals surface area contributed by atoms with Crippen molar-refractivity contribution in [2.75, 3.05) is 6.54 Å². The van der Waals surface area contributed by atoms with Crippen molar-refractivity contribution >= 4 is 22.4 Å². The van der Waals surface area contributed by atoms with Gasteiger partial charge in [-0.05, 0) is 26.8 Å². The monoisotopic (exact) mass is 282 g/mol. The first-order valence-corrected chi connectivity index (χ1v) is 6.55. The first kappa shape index (κ1) is 16.4. The third-order valence-corrected chi connectivity index (χ3v) is 3.39. The van der Waals surface area contributed by atoms with E-state index in [0.29, 0.717) is 6.54 Å². The van der Waals surface area contributed by atoms with Gasteiger partial charge < -0.3 is 5.73 Å². The quantitative estimate of drug-likeness (QED) is 0.815. The van der Waals surface area contributed by atoms with Gasteiger partial charge in [0.05, 0.1) is 6.20 Å². The lowest BCUT2D eigenvalue weighted by atomic mass is 10.1. The minimum absolute atomic E-state index is 0. The van der Waals surface area contributed by atoms with Crippen LogP contribution in [-0.4, -0.2) is 30.3 Å². The number of nitrogens with zero attached hydrogens (tertiary/aromatic N) is 2. The fraction of sp³-hybridized carbons (Fsp3) is 0.667. The SMILES string of the molecule is CCn1nccc1S(=O)(=O)NCC(C)(C)N.Cl. The second-order valence-corrected chi connectivity index (χ2v) is 6.01. The molecule has 0 amide bonds. The average Bonchev–Trinajstić information content (AvgIpc) is 2.62. The van der Waals surface area contributed by atoms with Crippen LogP contribution >= 0.6 is 12.4 Å². The Labute approximate surface area is 108 Å². The summed E-state index contributed by atoms with van der Waals surface area (Å²) in [5, 5.41) is 4.08. The van der Waals surface area contributed by atoms with Crippen LogP contribution in [-0.2, 0) is 16.6 Å². The molecular formula is C9H19ClN4O2S. The van der Waals surface area contributed by atoms with E-state index in [0.717, 1.165) is 0 Å². The lowest BCUT2D eigenvalue weighted by molar-refractivity contribution is 0.490. The first-order chi connectivity index (χ1) is 7.26. The lowest BCUT2D eigenvalue weighted by Gasteiger charge is -2.19. The molecule has 3 N–H and O–H groups in total. The maximum Gasteiger partial charge on any atom is 0.257 e. The van der Waals surface area contributed by atoms with Gasteiger partial charge in [-0.1, -0.05) is 0 Å². The molecule has 0 aliphatic carbocycles. The molecule has 0 fully saturated rings. The van der Waals surface area contributed by atoms with Crippen LogP contribution < -0.4 is 10.5 Å². The Balaban J connectivity index is 0.00000256. The molecule has 0 atom stereocenters. The molecule has 8 heteroatoms. The van der Waals surface area contributed by atoms with Crippen LogP contribution in [0.25, 0.3) is 0 Å². The number of nitrogens with two attached hydrogens (primary N) is 1. The number of sulfonamides is 1. The number of halogens is 1. The molecule has 0 spiro atoms. The van der Waals surface area contributed by atoms with E-state index in [1.54, 1.807) is 13.8 Å². The van der Waals surface area contributed by atoms with Crippen LogP contribution in [0, 0.1) is 0 Å². The van der Waals surface area contributed by atoms with Crippen molar-refractivity contribution in [3.63, 3.8) is 0 Å². The highest BCUT2D eigenvalue weighted by molar-refractivity contribution is 7.89. The van der Waals surface area contributed by atoms with Gasteiger partial charge in [0.1, 0.15) is 0 Å². The first-order valence-electron chi connectivity index (χ1n) is 5.06. The molecule has 17 heavy (non-hydrogen) atoms. The van der Waals surface area contributed by atoms with Crippen molar-refractivity contribution in [3.8, 4) is 0 Å². The number of nitrogens with one attached hydrogen (secondary N) is 1. The Bertz CT molecular complexity index is 450. The summed E-state index contributed by atoms with van der Waals surface area (Å²) in [5.41, 5.74) is 5.14. The fourth-order valence-electron chi connectivity index (χ4n) is 1.14. The standard InChI is InChI=1S/C9H18N4O2S.ClH/c1-4-13-8(5-6-11-13)16(14,15)12-7-9(2,3)10;/h5-6,12H,4,7,10H2,1-3H3;1H. The van der Waals surface area contributed by atoms with Gasteiger partial charge in [-0.2, -0.15) is 5.10 Å². The molecular weight excluding hydrogens is 264 g/mol. The Kier molecular flexibility index (Phi) is 5.60. The largest absolute Gasteiger partial charge is 0.324 e. The molecule has 0 aromatic carbocycles. The van der Waals surface area contributed by atoms with E-state index in [-0.39, 0.29) is 24.0 Å². The molecule has 1 rings (SSSR count). The third-order valence-electron chi connectivity index (χ3n) is 1.97. The summed E-state index contributed by atoms with van der Waals surface area (Å²) in [7, 11) is -3.52. The number of aromatic nitrogens is 2. The van der Waals surface area contributed by atoms with E-state index >= 15 is 0 Å². The molecule has 1 aromatic heterocycles. The van der Waals surface area contributed by atoms with Crippen molar-refractivity contribution in [2.45, 2.75) is 37.9 Å². The highest BCUT2D eigenvalue weighted by atomic mass is 35.5. The molecule has 1 heterocycles. The maximum atomic E-state index is 11.9. The van der Waals surface area contributed by atoms with E-state index < -0.39 is 15.6 Å². The number of hydrogen-bond donors (Lipinski definition) is 2. The van der Waals surface area contributed by atoms with Crippen LogP contribution in [0.15, 0.2) is 17.3 Å². The summed E-state index contributed by atoms with van der Waals surface area (Å²) >= 11 is 0. The van der Waals surface area contributed by atoms with Gasteiger partial charge >= 0.3 is 0 Å². The van der Waals surface area contributed by atoms with Gasteiger partial charge in [0, 0.05) is 18.6 Å². The third kappa shape index (κ3) is 4.63. The summed E-state index contributed by atoms with van der Waals surface area (Å²) in [6.45, 7) is 6.04. The second-order valence-electron chi connectivity index (χ2n) is 4.30. The molecule has 0 bridgehead atoms. The zero-order chi connectivity index (χ0) is 12.4. The molecule has 1 aromatic rings. The fourth-order valence-corrected chi connectivity index (χ4v) is 2.54. The van der Waals surface area contributed by atoms with Crippen molar-refractivity contribution in [2.24, 2.45) is 5.73 Å². The van der Waals surface area contributed by atoms with Crippen molar-refractivity contribution in [1.29, 1.82) is 0 Å². The van der Waals surface area contributed by atoms with Crippen molar-refractivity contribution in [1.82, 2.24) is 14.5 Å². The van der Waals surface area contributed by atoms with E-state index in [4.69, 9.17) is 5.73 Å². The van der Waals surface area contributed by atoms with Crippen molar-refractivity contribution in [3.05, 3.63) is 12.3 Å². The van der Waals surface area contributed by atoms with Crippen LogP contribution in [0.3, 0.4) is 0 Å². The lowest BCUT2D eigenvalue weighted by Crippen LogP contribution is -2.45. The van der Waals surface area contributed by atoms with Crippen LogP contribution in [0.4, 0.5) is 0 Å². The zero-order valence-corrected chi connectivity index (χ0v) is 11.8. The van der Waals surface area contributed by atoms with E-state index in [2.05, 4.69) is 9.82 Å². The molecule has 0 unspecified atom stereocenters. The van der Waals surface area contributed by atoms with Gasteiger partial charge in [0.2, 0.25) is 0 Å². The molecule has 0 radical (unpaired) electrons. The minimum Gasteiger partial charge on any atom is -0.324 e. The van der Waals surface area contributed by atoms with Gasteiger partial charge in [-0.15, -0.1) is 12.4 Å². The Morgan fingerprint density at radius 1 is 1.53 bits per heavy atom. The Hall–Kier alpha value is -0.630. The molecule has 0 saturated heterocycles. The van der Waals surface area contributed by atoms with E-state index in [1.165, 1.54) is 16.9 Å². The smallest absolute Gasteiger partial charge is 0.257 e. The average molecular weight is 283 g/mol. The van der Waals surface area contributed by atoms with E-state index in [1.807, 2.05) is 6.92 Å². The second kappa shape index (κ2) is 5.81. The zero-order valence-electron chi connectivity index (χ0n) is 10.2. The molecule has 0 aliphatic rings. The summed E-state index contributed by atoms with van der Waals surface area (Å²) in [6, 6.07) is 1.47. The normalized spacial score (nSPS) is 12.2. The highest BCUT2D eigenvalue weighted by Gasteiger charge is 2.21. The predicted molar refractivity (Wildman–Crippen MR) is 68.6 cm³/mol. The van der Waals surface area contributed by atoms with Crippen LogP contribution in [0.5, 0.6) is 0 Å². The number of rotatable bonds is 5. The van der Waals surface area contributed by atoms with Gasteiger partial charge in [0.25, 0.3) is 10.0 Å². The molecule has 0 aliphatic heterocycles. The summed E-state index contributed by atoms with van der Waals surface area (Å²) < 4.78 is 27.7. The summed E-state index contributed by atoms with van der Waals surface area (Å²) in [4.78, 5) is 0. The predicted octanol–water partition coefficient (Wildman–Crippen LogP) is 0.340. The Morgan fingerprint density at radius 2 is 2.12 bits per heavy atom. The van der Waals surface area contributed by atoms with Crippen LogP contribution in [0.2, 0.25) is 0 Å².